The van der Waals surface area contributed by atoms with E-state index >= 15 is 0 Å². The molecule has 2 saturated heterocycles. The zero-order chi connectivity index (χ0) is 40.0. The number of anilines is 2. The lowest BCUT2D eigenvalue weighted by molar-refractivity contribution is -0.136. The number of morpholine rings is 1. The molecule has 1 unspecified atom stereocenters. The molecule has 14 nitrogen and oxygen atoms in total. The predicted octanol–water partition coefficient (Wildman–Crippen LogP) is 4.27. The Hall–Kier alpha value is -5.07. The standard InChI is InChI=1S/C22H28FN3O5.C15H15F2N3O3S/c1-12(2)7-8-31-22(3,4)11-24-16-10-14-13(9-15(16)23)20(29)26(21(14)30)17-5-6-18(27)25-19(17)28;16-10-2-1-9(14(13(10)17)23-7-12(18)21)11-8-24-15(19-11)20-3-5-22-6-4-20/h9-10,12,17,24H,5-8,11H2,1-4H3,(H,25,27,28);1-2,8H,3-7H2,(H2,18,21). The maximum Gasteiger partial charge on any atom is 0.262 e. The van der Waals surface area contributed by atoms with Crippen LogP contribution in [0, 0.1) is 23.4 Å². The van der Waals surface area contributed by atoms with E-state index in [0.29, 0.717) is 38.0 Å². The van der Waals surface area contributed by atoms with Crippen LogP contribution in [0.5, 0.6) is 5.75 Å². The van der Waals surface area contributed by atoms with Crippen LogP contribution in [0.1, 0.15) is 67.7 Å². The monoisotopic (exact) mass is 788 g/mol. The number of carbonyl (C=O) groups excluding carboxylic acids is 5. The number of halogens is 3. The second-order valence-electron chi connectivity index (χ2n) is 14.1. The Labute approximate surface area is 319 Å². The van der Waals surface area contributed by atoms with Crippen LogP contribution in [0.2, 0.25) is 0 Å². The Morgan fingerprint density at radius 1 is 1.07 bits per heavy atom. The summed E-state index contributed by atoms with van der Waals surface area (Å²) in [4.78, 5) is 67.3. The maximum atomic E-state index is 14.7. The van der Waals surface area contributed by atoms with Crippen molar-refractivity contribution in [3.63, 3.8) is 0 Å². The summed E-state index contributed by atoms with van der Waals surface area (Å²) in [5, 5.41) is 7.59. The van der Waals surface area contributed by atoms with Gasteiger partial charge in [0.15, 0.2) is 23.3 Å². The number of amides is 5. The number of hydrogen-bond acceptors (Lipinski definition) is 12. The lowest BCUT2D eigenvalue weighted by Crippen LogP contribution is -2.54. The van der Waals surface area contributed by atoms with Gasteiger partial charge >= 0.3 is 0 Å². The van der Waals surface area contributed by atoms with Crippen molar-refractivity contribution in [2.24, 2.45) is 11.7 Å². The molecule has 0 spiro atoms. The summed E-state index contributed by atoms with van der Waals surface area (Å²) in [5.41, 5.74) is 5.16. The summed E-state index contributed by atoms with van der Waals surface area (Å²) in [6.07, 6.45) is 0.978. The van der Waals surface area contributed by atoms with Crippen molar-refractivity contribution in [2.75, 3.05) is 56.3 Å². The average molecular weight is 789 g/mol. The third-order valence-corrected chi connectivity index (χ3v) is 9.78. The highest BCUT2D eigenvalue weighted by molar-refractivity contribution is 7.14. The van der Waals surface area contributed by atoms with Crippen LogP contribution in [-0.2, 0) is 23.9 Å². The van der Waals surface area contributed by atoms with E-state index in [-0.39, 0.29) is 41.0 Å². The summed E-state index contributed by atoms with van der Waals surface area (Å²) in [7, 11) is 0. The van der Waals surface area contributed by atoms with Crippen LogP contribution < -0.4 is 26.0 Å². The van der Waals surface area contributed by atoms with E-state index in [1.807, 2.05) is 13.8 Å². The van der Waals surface area contributed by atoms with Gasteiger partial charge in [0.2, 0.25) is 17.6 Å². The normalized spacial score (nSPS) is 17.2. The van der Waals surface area contributed by atoms with E-state index in [0.717, 1.165) is 41.7 Å². The molecule has 0 saturated carbocycles. The molecule has 0 radical (unpaired) electrons. The van der Waals surface area contributed by atoms with Crippen molar-refractivity contribution in [1.29, 1.82) is 0 Å². The number of nitrogens with two attached hydrogens (primary N) is 1. The van der Waals surface area contributed by atoms with Gasteiger partial charge in [-0.3, -0.25) is 34.2 Å². The van der Waals surface area contributed by atoms with Crippen molar-refractivity contribution >= 4 is 51.7 Å². The second kappa shape index (κ2) is 17.6. The maximum absolute atomic E-state index is 14.7. The number of primary amides is 1. The summed E-state index contributed by atoms with van der Waals surface area (Å²) >= 11 is 1.39. The van der Waals surface area contributed by atoms with Gasteiger partial charge in [-0.05, 0) is 56.9 Å². The predicted molar refractivity (Wildman–Crippen MR) is 196 cm³/mol. The van der Waals surface area contributed by atoms with E-state index in [1.165, 1.54) is 23.5 Å². The Bertz CT molecular complexity index is 1950. The SMILES string of the molecule is CC(C)CCOC(C)(C)CNc1cc2c(cc1F)C(=O)N(C1CCC(=O)NC1=O)C2=O.NC(=O)COc1c(-c2csc(N3CCOCC3)n2)ccc(F)c1F. The molecule has 296 valence electrons. The second-order valence-corrected chi connectivity index (χ2v) is 14.9. The number of ether oxygens (including phenoxy) is 3. The first-order chi connectivity index (χ1) is 26.1. The summed E-state index contributed by atoms with van der Waals surface area (Å²) in [6.45, 7) is 11.0. The molecule has 3 aliphatic rings. The molecule has 1 aromatic heterocycles. The number of aromatic nitrogens is 1. The van der Waals surface area contributed by atoms with Gasteiger partial charge in [-0.1, -0.05) is 13.8 Å². The average Bonchev–Trinajstić information content (AvgIpc) is 3.71. The van der Waals surface area contributed by atoms with Crippen LogP contribution in [0.4, 0.5) is 24.0 Å². The number of nitrogens with one attached hydrogen (secondary N) is 2. The first-order valence-corrected chi connectivity index (χ1v) is 18.5. The highest BCUT2D eigenvalue weighted by Gasteiger charge is 2.45. The third kappa shape index (κ3) is 9.98. The fourth-order valence-electron chi connectivity index (χ4n) is 5.86. The minimum absolute atomic E-state index is 0.0247. The third-order valence-electron chi connectivity index (χ3n) is 8.88. The minimum atomic E-state index is -1.17. The Kier molecular flexibility index (Phi) is 13.1. The minimum Gasteiger partial charge on any atom is -0.480 e. The van der Waals surface area contributed by atoms with E-state index in [9.17, 15) is 37.1 Å². The van der Waals surface area contributed by atoms with Crippen molar-refractivity contribution in [3.8, 4) is 17.0 Å². The van der Waals surface area contributed by atoms with Crippen molar-refractivity contribution < 1.29 is 51.4 Å². The number of fused-ring (bicyclic) bond motifs is 1. The van der Waals surface area contributed by atoms with Crippen molar-refractivity contribution in [1.82, 2.24) is 15.2 Å². The molecule has 3 aliphatic heterocycles. The van der Waals surface area contributed by atoms with Crippen molar-refractivity contribution in [2.45, 2.75) is 58.6 Å². The van der Waals surface area contributed by atoms with Crippen molar-refractivity contribution in [3.05, 3.63) is 58.2 Å². The van der Waals surface area contributed by atoms with Gasteiger partial charge in [0.25, 0.3) is 17.7 Å². The highest BCUT2D eigenvalue weighted by Crippen LogP contribution is 2.37. The van der Waals surface area contributed by atoms with Gasteiger partial charge in [0.05, 0.1) is 41.3 Å². The number of thiazole rings is 1. The number of carbonyl (C=O) groups is 5. The molecular weight excluding hydrogens is 746 g/mol. The molecule has 0 aliphatic carbocycles. The number of piperidine rings is 1. The van der Waals surface area contributed by atoms with E-state index in [2.05, 4.69) is 34.4 Å². The molecule has 6 rings (SSSR count). The molecule has 4 N–H and O–H groups in total. The van der Waals surface area contributed by atoms with E-state index in [4.69, 9.17) is 19.9 Å². The lowest BCUT2D eigenvalue weighted by atomic mass is 10.0. The molecule has 2 aromatic carbocycles. The Morgan fingerprint density at radius 3 is 2.42 bits per heavy atom. The Balaban J connectivity index is 0.000000218. The molecule has 0 bridgehead atoms. The molecule has 18 heteroatoms. The zero-order valence-corrected chi connectivity index (χ0v) is 31.7. The van der Waals surface area contributed by atoms with Crippen LogP contribution in [0.3, 0.4) is 0 Å². The van der Waals surface area contributed by atoms with Gasteiger partial charge in [-0.2, -0.15) is 4.39 Å². The summed E-state index contributed by atoms with van der Waals surface area (Å²) in [6, 6.07) is 3.58. The quantitative estimate of drug-likeness (QED) is 0.211. The number of rotatable bonds is 13. The van der Waals surface area contributed by atoms with E-state index < -0.39 is 65.2 Å². The fourth-order valence-corrected chi connectivity index (χ4v) is 6.74. The first kappa shape index (κ1) is 41.1. The topological polar surface area (TPSA) is 182 Å². The van der Waals surface area contributed by atoms with Crippen LogP contribution in [-0.4, -0.2) is 97.1 Å². The number of imide groups is 2. The van der Waals surface area contributed by atoms with Gasteiger partial charge in [0.1, 0.15) is 11.9 Å². The zero-order valence-electron chi connectivity index (χ0n) is 30.8. The van der Waals surface area contributed by atoms with Crippen LogP contribution in [0.15, 0.2) is 29.6 Å². The molecule has 55 heavy (non-hydrogen) atoms. The number of nitrogens with zero attached hydrogens (tertiary/aromatic N) is 3. The van der Waals surface area contributed by atoms with Crippen LogP contribution >= 0.6 is 11.3 Å². The molecular formula is C37H43F3N6O8S. The molecule has 2 fully saturated rings. The number of benzene rings is 2. The lowest BCUT2D eigenvalue weighted by Gasteiger charge is -2.27. The summed E-state index contributed by atoms with van der Waals surface area (Å²) < 4.78 is 58.4. The molecule has 1 atom stereocenters. The fraction of sp³-hybridized carbons (Fsp3) is 0.459. The first-order valence-electron chi connectivity index (χ1n) is 17.7. The molecule has 5 amide bonds. The van der Waals surface area contributed by atoms with E-state index in [1.54, 1.807) is 5.38 Å². The van der Waals surface area contributed by atoms with Gasteiger partial charge in [-0.15, -0.1) is 11.3 Å². The molecule has 3 aromatic rings. The van der Waals surface area contributed by atoms with Gasteiger partial charge < -0.3 is 30.2 Å². The smallest absolute Gasteiger partial charge is 0.262 e. The molecule has 4 heterocycles. The van der Waals surface area contributed by atoms with Crippen LogP contribution in [0.25, 0.3) is 11.3 Å². The highest BCUT2D eigenvalue weighted by atomic mass is 32.1. The van der Waals surface area contributed by atoms with Gasteiger partial charge in [-0.25, -0.2) is 13.8 Å². The number of hydrogen-bond donors (Lipinski definition) is 3. The van der Waals surface area contributed by atoms with Gasteiger partial charge in [0, 0.05) is 43.6 Å². The summed E-state index contributed by atoms with van der Waals surface area (Å²) in [5.74, 6) is -6.13. The Morgan fingerprint density at radius 2 is 1.76 bits per heavy atom. The largest absolute Gasteiger partial charge is 0.480 e.